The van der Waals surface area contributed by atoms with Crippen LogP contribution in [0.1, 0.15) is 5.69 Å². The fraction of sp³-hybridized carbons (Fsp3) is 0.0769. The van der Waals surface area contributed by atoms with Crippen molar-refractivity contribution in [1.82, 2.24) is 9.38 Å². The van der Waals surface area contributed by atoms with Crippen LogP contribution in [0.2, 0.25) is 0 Å². The Morgan fingerprint density at radius 3 is 2.62 bits per heavy atom. The van der Waals surface area contributed by atoms with Gasteiger partial charge in [0, 0.05) is 29.8 Å². The lowest BCUT2D eigenvalue weighted by molar-refractivity contribution is 0.547. The number of hydrogen-bond acceptors (Lipinski definition) is 4. The highest BCUT2D eigenvalue weighted by molar-refractivity contribution is 7.15. The Hall–Kier alpha value is -2.35. The summed E-state index contributed by atoms with van der Waals surface area (Å²) in [5.74, 6) is -3.07. The molecule has 0 saturated carbocycles. The van der Waals surface area contributed by atoms with Crippen LogP contribution in [0.4, 0.5) is 18.9 Å². The number of thiazole rings is 1. The van der Waals surface area contributed by atoms with Gasteiger partial charge in [-0.3, -0.25) is 9.20 Å². The number of hydrogen-bond donors (Lipinski definition) is 1. The van der Waals surface area contributed by atoms with Gasteiger partial charge in [-0.05, 0) is 0 Å². The van der Waals surface area contributed by atoms with E-state index in [4.69, 9.17) is 0 Å². The van der Waals surface area contributed by atoms with E-state index < -0.39 is 23.1 Å². The number of halogens is 3. The van der Waals surface area contributed by atoms with Crippen LogP contribution in [0.15, 0.2) is 34.6 Å². The summed E-state index contributed by atoms with van der Waals surface area (Å²) >= 11 is 1.27. The van der Waals surface area contributed by atoms with Crippen molar-refractivity contribution in [3.63, 3.8) is 0 Å². The molecule has 0 aliphatic heterocycles. The summed E-state index contributed by atoms with van der Waals surface area (Å²) in [7, 11) is 0. The first-order valence-electron chi connectivity index (χ1n) is 5.89. The summed E-state index contributed by atoms with van der Waals surface area (Å²) < 4.78 is 41.1. The summed E-state index contributed by atoms with van der Waals surface area (Å²) in [6.45, 7) is -0.0525. The predicted molar refractivity (Wildman–Crippen MR) is 73.0 cm³/mol. The van der Waals surface area contributed by atoms with Crippen molar-refractivity contribution >= 4 is 22.0 Å². The lowest BCUT2D eigenvalue weighted by atomic mass is 10.2. The second-order valence-corrected chi connectivity index (χ2v) is 5.11. The summed E-state index contributed by atoms with van der Waals surface area (Å²) in [4.78, 5) is 16.4. The normalized spacial score (nSPS) is 11.0. The molecule has 0 aliphatic rings. The minimum Gasteiger partial charge on any atom is -0.375 e. The van der Waals surface area contributed by atoms with Gasteiger partial charge < -0.3 is 5.32 Å². The van der Waals surface area contributed by atoms with Crippen LogP contribution >= 0.6 is 11.3 Å². The molecule has 0 atom stereocenters. The van der Waals surface area contributed by atoms with E-state index in [9.17, 15) is 18.0 Å². The van der Waals surface area contributed by atoms with Crippen molar-refractivity contribution in [3.05, 3.63) is 63.3 Å². The van der Waals surface area contributed by atoms with E-state index in [-0.39, 0.29) is 12.1 Å². The van der Waals surface area contributed by atoms with Crippen molar-refractivity contribution in [2.75, 3.05) is 5.32 Å². The number of aromatic nitrogens is 2. The Kier molecular flexibility index (Phi) is 3.38. The van der Waals surface area contributed by atoms with E-state index in [0.717, 1.165) is 0 Å². The lowest BCUT2D eigenvalue weighted by Crippen LogP contribution is -2.15. The Labute approximate surface area is 120 Å². The van der Waals surface area contributed by atoms with E-state index in [2.05, 4.69) is 10.3 Å². The molecule has 0 unspecified atom stereocenters. The van der Waals surface area contributed by atoms with Crippen LogP contribution in [0.5, 0.6) is 0 Å². The van der Waals surface area contributed by atoms with Gasteiger partial charge in [0.15, 0.2) is 16.6 Å². The molecule has 8 heteroatoms. The molecule has 0 bridgehead atoms. The van der Waals surface area contributed by atoms with Crippen molar-refractivity contribution in [3.8, 4) is 0 Å². The van der Waals surface area contributed by atoms with E-state index in [1.165, 1.54) is 21.8 Å². The quantitative estimate of drug-likeness (QED) is 0.809. The van der Waals surface area contributed by atoms with Gasteiger partial charge in [-0.1, -0.05) is 0 Å². The average molecular weight is 311 g/mol. The van der Waals surface area contributed by atoms with Gasteiger partial charge in [0.1, 0.15) is 11.5 Å². The van der Waals surface area contributed by atoms with Crippen molar-refractivity contribution < 1.29 is 13.2 Å². The SMILES string of the molecule is O=c1cc(CNc2c(F)cc(F)cc2F)nc2sccn12. The van der Waals surface area contributed by atoms with Gasteiger partial charge in [-0.25, -0.2) is 18.2 Å². The molecule has 0 fully saturated rings. The highest BCUT2D eigenvalue weighted by Gasteiger charge is 2.12. The number of anilines is 1. The lowest BCUT2D eigenvalue weighted by Gasteiger charge is -2.08. The van der Waals surface area contributed by atoms with Crippen molar-refractivity contribution in [2.24, 2.45) is 0 Å². The number of nitrogens with zero attached hydrogens (tertiary/aromatic N) is 2. The molecule has 21 heavy (non-hydrogen) atoms. The fourth-order valence-corrected chi connectivity index (χ4v) is 2.61. The van der Waals surface area contributed by atoms with E-state index >= 15 is 0 Å². The van der Waals surface area contributed by atoms with Crippen LogP contribution in [-0.2, 0) is 6.54 Å². The summed E-state index contributed by atoms with van der Waals surface area (Å²) in [6.07, 6.45) is 1.59. The first kappa shape index (κ1) is 13.6. The summed E-state index contributed by atoms with van der Waals surface area (Å²) in [5.41, 5.74) is -0.395. The third-order valence-electron chi connectivity index (χ3n) is 2.81. The van der Waals surface area contributed by atoms with Crippen molar-refractivity contribution in [2.45, 2.75) is 6.54 Å². The predicted octanol–water partition coefficient (Wildman–Crippen LogP) is 2.79. The van der Waals surface area contributed by atoms with Crippen LogP contribution in [-0.4, -0.2) is 9.38 Å². The largest absolute Gasteiger partial charge is 0.375 e. The number of benzene rings is 1. The van der Waals surface area contributed by atoms with Gasteiger partial charge in [0.25, 0.3) is 5.56 Å². The summed E-state index contributed by atoms with van der Waals surface area (Å²) in [6, 6.07) is 2.43. The topological polar surface area (TPSA) is 46.4 Å². The first-order valence-corrected chi connectivity index (χ1v) is 6.77. The summed E-state index contributed by atoms with van der Waals surface area (Å²) in [5, 5.41) is 4.19. The molecule has 108 valence electrons. The van der Waals surface area contributed by atoms with E-state index in [1.807, 2.05) is 0 Å². The van der Waals surface area contributed by atoms with Gasteiger partial charge in [-0.2, -0.15) is 0 Å². The molecular weight excluding hydrogens is 303 g/mol. The van der Waals surface area contributed by atoms with E-state index in [1.54, 1.807) is 11.6 Å². The number of nitrogens with one attached hydrogen (secondary N) is 1. The third-order valence-corrected chi connectivity index (χ3v) is 3.57. The monoisotopic (exact) mass is 311 g/mol. The maximum absolute atomic E-state index is 13.5. The zero-order valence-electron chi connectivity index (χ0n) is 10.4. The second kappa shape index (κ2) is 5.21. The molecule has 0 aliphatic carbocycles. The molecular formula is C13H8F3N3OS. The highest BCUT2D eigenvalue weighted by atomic mass is 32.1. The highest BCUT2D eigenvalue weighted by Crippen LogP contribution is 2.20. The van der Waals surface area contributed by atoms with Crippen LogP contribution in [0.25, 0.3) is 4.96 Å². The third kappa shape index (κ3) is 2.62. The van der Waals surface area contributed by atoms with Crippen LogP contribution < -0.4 is 10.9 Å². The first-order chi connectivity index (χ1) is 10.0. The Bertz CT molecular complexity index is 851. The number of rotatable bonds is 3. The smallest absolute Gasteiger partial charge is 0.258 e. The average Bonchev–Trinajstić information content (AvgIpc) is 2.86. The van der Waals surface area contributed by atoms with Gasteiger partial charge in [0.2, 0.25) is 0 Å². The molecule has 3 rings (SSSR count). The molecule has 2 aromatic heterocycles. The maximum Gasteiger partial charge on any atom is 0.258 e. The van der Waals surface area contributed by atoms with E-state index in [0.29, 0.717) is 22.8 Å². The molecule has 0 spiro atoms. The zero-order chi connectivity index (χ0) is 15.0. The van der Waals surface area contributed by atoms with Gasteiger partial charge >= 0.3 is 0 Å². The van der Waals surface area contributed by atoms with Crippen LogP contribution in [0, 0.1) is 17.5 Å². The maximum atomic E-state index is 13.5. The number of fused-ring (bicyclic) bond motifs is 1. The molecule has 1 aromatic carbocycles. The molecule has 3 aromatic rings. The Morgan fingerprint density at radius 2 is 1.90 bits per heavy atom. The van der Waals surface area contributed by atoms with Gasteiger partial charge in [-0.15, -0.1) is 11.3 Å². The standard InChI is InChI=1S/C13H8F3N3OS/c14-7-3-9(15)12(10(16)4-7)17-6-8-5-11(20)19-1-2-21-13(19)18-8/h1-5,17H,6H2. The molecule has 2 heterocycles. The Morgan fingerprint density at radius 1 is 1.19 bits per heavy atom. The zero-order valence-corrected chi connectivity index (χ0v) is 11.3. The molecule has 4 nitrogen and oxygen atoms in total. The molecule has 1 N–H and O–H groups in total. The van der Waals surface area contributed by atoms with Crippen LogP contribution in [0.3, 0.4) is 0 Å². The second-order valence-electron chi connectivity index (χ2n) is 4.24. The molecule has 0 amide bonds. The minimum absolute atomic E-state index is 0.0525. The molecule has 0 radical (unpaired) electrons. The fourth-order valence-electron chi connectivity index (χ4n) is 1.87. The van der Waals surface area contributed by atoms with Crippen molar-refractivity contribution in [1.29, 1.82) is 0 Å². The minimum atomic E-state index is -1.04. The molecule has 0 saturated heterocycles. The van der Waals surface area contributed by atoms with Gasteiger partial charge in [0.05, 0.1) is 12.2 Å². The Balaban J connectivity index is 1.88.